The standard InChI is InChI=1S/C29H31Cl2N3O2/c30-25-9-5-10-26(31)29(25)27(35)16-17-33-18-20-34(21-19-33)24-14-12-23(13-15-24)32-28(36)11-4-8-22-6-2-1-3-7-22/h1-3,5-7,9-10,12-15H,4,8,11,16-21H2,(H,32,36). The third-order valence-corrected chi connectivity index (χ3v) is 7.13. The molecule has 36 heavy (non-hydrogen) atoms. The predicted molar refractivity (Wildman–Crippen MR) is 149 cm³/mol. The Bertz CT molecular complexity index is 1140. The normalized spacial score (nSPS) is 14.0. The van der Waals surface area contributed by atoms with Gasteiger partial charge in [0.25, 0.3) is 0 Å². The van der Waals surface area contributed by atoms with Gasteiger partial charge in [-0.05, 0) is 54.8 Å². The van der Waals surface area contributed by atoms with Crippen LogP contribution in [0.5, 0.6) is 0 Å². The van der Waals surface area contributed by atoms with Gasteiger partial charge < -0.3 is 10.2 Å². The van der Waals surface area contributed by atoms with E-state index in [0.717, 1.165) is 50.4 Å². The molecule has 1 amide bonds. The number of carbonyl (C=O) groups is 2. The SMILES string of the molecule is O=C(CCCc1ccccc1)Nc1ccc(N2CCN(CCC(=O)c3c(Cl)cccc3Cl)CC2)cc1. The lowest BCUT2D eigenvalue weighted by atomic mass is 10.1. The first-order chi connectivity index (χ1) is 17.5. The number of benzene rings is 3. The zero-order valence-electron chi connectivity index (χ0n) is 20.3. The van der Waals surface area contributed by atoms with Gasteiger partial charge in [0.1, 0.15) is 0 Å². The summed E-state index contributed by atoms with van der Waals surface area (Å²) in [6, 6.07) is 23.4. The second-order valence-corrected chi connectivity index (χ2v) is 9.85. The number of Topliss-reactive ketones (excluding diaryl/α,β-unsaturated/α-hetero) is 1. The summed E-state index contributed by atoms with van der Waals surface area (Å²) in [4.78, 5) is 29.5. The summed E-state index contributed by atoms with van der Waals surface area (Å²) in [6.45, 7) is 4.20. The number of aryl methyl sites for hydroxylation is 1. The number of rotatable bonds is 10. The first-order valence-corrected chi connectivity index (χ1v) is 13.1. The van der Waals surface area contributed by atoms with Crippen molar-refractivity contribution in [3.8, 4) is 0 Å². The number of hydrogen-bond acceptors (Lipinski definition) is 4. The smallest absolute Gasteiger partial charge is 0.224 e. The first-order valence-electron chi connectivity index (χ1n) is 12.4. The number of halogens is 2. The molecule has 5 nitrogen and oxygen atoms in total. The number of nitrogens with zero attached hydrogens (tertiary/aromatic N) is 2. The fourth-order valence-corrected chi connectivity index (χ4v) is 5.06. The van der Waals surface area contributed by atoms with Gasteiger partial charge in [-0.25, -0.2) is 0 Å². The van der Waals surface area contributed by atoms with E-state index in [1.54, 1.807) is 18.2 Å². The van der Waals surface area contributed by atoms with Gasteiger partial charge >= 0.3 is 0 Å². The Kier molecular flexibility index (Phi) is 9.40. The minimum Gasteiger partial charge on any atom is -0.369 e. The fourth-order valence-electron chi connectivity index (χ4n) is 4.46. The first kappa shape index (κ1) is 26.2. The molecule has 3 aromatic rings. The van der Waals surface area contributed by atoms with Crippen LogP contribution in [0.25, 0.3) is 0 Å². The summed E-state index contributed by atoms with van der Waals surface area (Å²) in [5.41, 5.74) is 3.63. The highest BCUT2D eigenvalue weighted by Gasteiger charge is 2.20. The second-order valence-electron chi connectivity index (χ2n) is 9.03. The average Bonchev–Trinajstić information content (AvgIpc) is 2.89. The van der Waals surface area contributed by atoms with Crippen LogP contribution in [0.15, 0.2) is 72.8 Å². The largest absolute Gasteiger partial charge is 0.369 e. The van der Waals surface area contributed by atoms with Crippen molar-refractivity contribution in [2.75, 3.05) is 42.9 Å². The van der Waals surface area contributed by atoms with E-state index in [1.807, 2.05) is 30.3 Å². The summed E-state index contributed by atoms with van der Waals surface area (Å²) in [6.07, 6.45) is 2.63. The Hall–Kier alpha value is -2.86. The number of piperazine rings is 1. The third kappa shape index (κ3) is 7.33. The van der Waals surface area contributed by atoms with Crippen molar-refractivity contribution < 1.29 is 9.59 Å². The molecular formula is C29H31Cl2N3O2. The number of amides is 1. The maximum Gasteiger partial charge on any atom is 0.224 e. The molecule has 0 atom stereocenters. The monoisotopic (exact) mass is 523 g/mol. The molecule has 0 bridgehead atoms. The molecule has 1 aliphatic heterocycles. The van der Waals surface area contributed by atoms with E-state index < -0.39 is 0 Å². The average molecular weight is 524 g/mol. The molecule has 1 saturated heterocycles. The van der Waals surface area contributed by atoms with Crippen LogP contribution >= 0.6 is 23.2 Å². The van der Waals surface area contributed by atoms with Crippen LogP contribution in [0.3, 0.4) is 0 Å². The van der Waals surface area contributed by atoms with Crippen molar-refractivity contribution >= 4 is 46.3 Å². The molecule has 3 aromatic carbocycles. The van der Waals surface area contributed by atoms with E-state index in [1.165, 1.54) is 5.56 Å². The molecule has 0 saturated carbocycles. The van der Waals surface area contributed by atoms with Crippen molar-refractivity contribution in [3.63, 3.8) is 0 Å². The molecule has 188 valence electrons. The van der Waals surface area contributed by atoms with Crippen molar-refractivity contribution in [1.82, 2.24) is 4.90 Å². The molecule has 4 rings (SSSR count). The highest BCUT2D eigenvalue weighted by atomic mass is 35.5. The van der Waals surface area contributed by atoms with Crippen molar-refractivity contribution in [1.29, 1.82) is 0 Å². The lowest BCUT2D eigenvalue weighted by Gasteiger charge is -2.36. The summed E-state index contributed by atoms with van der Waals surface area (Å²) in [7, 11) is 0. The maximum absolute atomic E-state index is 12.6. The number of hydrogen-bond donors (Lipinski definition) is 1. The fraction of sp³-hybridized carbons (Fsp3) is 0.310. The Morgan fingerprint density at radius 3 is 2.11 bits per heavy atom. The van der Waals surface area contributed by atoms with Crippen LogP contribution in [0.2, 0.25) is 10.0 Å². The van der Waals surface area contributed by atoms with E-state index in [-0.39, 0.29) is 11.7 Å². The van der Waals surface area contributed by atoms with Gasteiger partial charge in [0.05, 0.1) is 15.6 Å². The van der Waals surface area contributed by atoms with Crippen LogP contribution in [-0.4, -0.2) is 49.3 Å². The third-order valence-electron chi connectivity index (χ3n) is 6.50. The van der Waals surface area contributed by atoms with Crippen LogP contribution in [0, 0.1) is 0 Å². The number of carbonyl (C=O) groups excluding carboxylic acids is 2. The number of anilines is 2. The molecule has 0 spiro atoms. The van der Waals surface area contributed by atoms with Gasteiger partial charge in [0, 0.05) is 56.9 Å². The molecule has 0 unspecified atom stereocenters. The highest BCUT2D eigenvalue weighted by molar-refractivity contribution is 6.39. The lowest BCUT2D eigenvalue weighted by Crippen LogP contribution is -2.46. The quantitative estimate of drug-likeness (QED) is 0.314. The lowest BCUT2D eigenvalue weighted by molar-refractivity contribution is -0.116. The second kappa shape index (κ2) is 12.9. The van der Waals surface area contributed by atoms with Gasteiger partial charge in [-0.3, -0.25) is 14.5 Å². The van der Waals surface area contributed by atoms with E-state index in [2.05, 4.69) is 39.4 Å². The zero-order chi connectivity index (χ0) is 25.3. The molecule has 0 radical (unpaired) electrons. The predicted octanol–water partition coefficient (Wildman–Crippen LogP) is 6.35. The van der Waals surface area contributed by atoms with Gasteiger partial charge in [0.15, 0.2) is 5.78 Å². The van der Waals surface area contributed by atoms with Gasteiger partial charge in [-0.15, -0.1) is 0 Å². The minimum atomic E-state index is -0.0225. The van der Waals surface area contributed by atoms with E-state index >= 15 is 0 Å². The summed E-state index contributed by atoms with van der Waals surface area (Å²) in [5, 5.41) is 3.81. The molecule has 0 aromatic heterocycles. The zero-order valence-corrected chi connectivity index (χ0v) is 21.8. The molecule has 1 heterocycles. The molecule has 1 fully saturated rings. The van der Waals surface area contributed by atoms with Gasteiger partial charge in [-0.1, -0.05) is 59.6 Å². The van der Waals surface area contributed by atoms with E-state index in [9.17, 15) is 9.59 Å². The highest BCUT2D eigenvalue weighted by Crippen LogP contribution is 2.26. The Morgan fingerprint density at radius 2 is 1.44 bits per heavy atom. The molecule has 0 aliphatic carbocycles. The topological polar surface area (TPSA) is 52.7 Å². The molecule has 1 N–H and O–H groups in total. The summed E-state index contributed by atoms with van der Waals surface area (Å²) in [5.74, 6) is 0.0191. The van der Waals surface area contributed by atoms with Crippen LogP contribution < -0.4 is 10.2 Å². The minimum absolute atomic E-state index is 0.0225. The van der Waals surface area contributed by atoms with Crippen LogP contribution in [0.4, 0.5) is 11.4 Å². The molecular weight excluding hydrogens is 493 g/mol. The number of nitrogens with one attached hydrogen (secondary N) is 1. The van der Waals surface area contributed by atoms with Crippen molar-refractivity contribution in [2.24, 2.45) is 0 Å². The van der Waals surface area contributed by atoms with Crippen LogP contribution in [-0.2, 0) is 11.2 Å². The van der Waals surface area contributed by atoms with Gasteiger partial charge in [0.2, 0.25) is 5.91 Å². The van der Waals surface area contributed by atoms with Gasteiger partial charge in [-0.2, -0.15) is 0 Å². The Morgan fingerprint density at radius 1 is 0.778 bits per heavy atom. The van der Waals surface area contributed by atoms with Crippen molar-refractivity contribution in [3.05, 3.63) is 94.0 Å². The Labute approximate surface area is 223 Å². The summed E-state index contributed by atoms with van der Waals surface area (Å²) < 4.78 is 0. The van der Waals surface area contributed by atoms with Crippen molar-refractivity contribution in [2.45, 2.75) is 25.7 Å². The molecule has 1 aliphatic rings. The number of ketones is 1. The Balaban J connectivity index is 1.18. The van der Waals surface area contributed by atoms with E-state index in [0.29, 0.717) is 35.0 Å². The van der Waals surface area contributed by atoms with Crippen LogP contribution in [0.1, 0.15) is 35.2 Å². The maximum atomic E-state index is 12.6. The summed E-state index contributed by atoms with van der Waals surface area (Å²) >= 11 is 12.3. The van der Waals surface area contributed by atoms with E-state index in [4.69, 9.17) is 23.2 Å². The molecule has 7 heteroatoms.